The maximum absolute atomic E-state index is 14.2. The average molecular weight is 310 g/mol. The number of benzene rings is 1. The van der Waals surface area contributed by atoms with Crippen LogP contribution in [-0.2, 0) is 5.88 Å². The van der Waals surface area contributed by atoms with Crippen molar-refractivity contribution in [2.75, 3.05) is 0 Å². The number of pyridine rings is 1. The van der Waals surface area contributed by atoms with Crippen molar-refractivity contribution in [1.82, 2.24) is 14.5 Å². The van der Waals surface area contributed by atoms with Gasteiger partial charge < -0.3 is 0 Å². The van der Waals surface area contributed by atoms with Gasteiger partial charge in [-0.05, 0) is 31.2 Å². The first kappa shape index (κ1) is 13.3. The van der Waals surface area contributed by atoms with Gasteiger partial charge in [-0.2, -0.15) is 0 Å². The molecule has 2 heterocycles. The number of aromatic nitrogens is 3. The topological polar surface area (TPSA) is 30.7 Å². The molecule has 0 spiro atoms. The van der Waals surface area contributed by atoms with Gasteiger partial charge in [0, 0.05) is 5.69 Å². The zero-order chi connectivity index (χ0) is 14.3. The summed E-state index contributed by atoms with van der Waals surface area (Å²) in [7, 11) is 0. The molecule has 2 aromatic heterocycles. The number of rotatable bonds is 2. The van der Waals surface area contributed by atoms with Crippen molar-refractivity contribution >= 4 is 34.4 Å². The van der Waals surface area contributed by atoms with E-state index in [1.165, 1.54) is 6.07 Å². The standard InChI is InChI=1S/C14H10Cl2FN3/c1-8-5-6-11-14(18-8)20(12(7-15)19-11)13-9(16)3-2-4-10(13)17/h2-6H,7H2,1H3. The Morgan fingerprint density at radius 3 is 2.70 bits per heavy atom. The van der Waals surface area contributed by atoms with E-state index in [1.54, 1.807) is 16.7 Å². The maximum atomic E-state index is 14.2. The summed E-state index contributed by atoms with van der Waals surface area (Å²) in [6, 6.07) is 8.21. The van der Waals surface area contributed by atoms with Crippen molar-refractivity contribution in [2.24, 2.45) is 0 Å². The third-order valence-electron chi connectivity index (χ3n) is 2.99. The number of fused-ring (bicyclic) bond motifs is 1. The summed E-state index contributed by atoms with van der Waals surface area (Å²) in [4.78, 5) is 8.79. The van der Waals surface area contributed by atoms with Gasteiger partial charge in [-0.3, -0.25) is 4.57 Å². The molecular formula is C14H10Cl2FN3. The summed E-state index contributed by atoms with van der Waals surface area (Å²) in [6.07, 6.45) is 0. The van der Waals surface area contributed by atoms with Gasteiger partial charge in [0.15, 0.2) is 5.65 Å². The molecule has 3 aromatic rings. The Labute approximate surface area is 125 Å². The van der Waals surface area contributed by atoms with Crippen molar-refractivity contribution in [1.29, 1.82) is 0 Å². The monoisotopic (exact) mass is 309 g/mol. The van der Waals surface area contributed by atoms with E-state index < -0.39 is 5.82 Å². The number of nitrogens with zero attached hydrogens (tertiary/aromatic N) is 3. The molecule has 0 saturated carbocycles. The largest absolute Gasteiger partial charge is 0.275 e. The molecule has 0 atom stereocenters. The van der Waals surface area contributed by atoms with E-state index in [-0.39, 0.29) is 11.6 Å². The molecule has 0 aliphatic carbocycles. The lowest BCUT2D eigenvalue weighted by Gasteiger charge is -2.10. The molecule has 0 amide bonds. The highest BCUT2D eigenvalue weighted by atomic mass is 35.5. The molecule has 1 aromatic carbocycles. The Kier molecular flexibility index (Phi) is 3.36. The van der Waals surface area contributed by atoms with Crippen molar-refractivity contribution in [3.05, 3.63) is 52.7 Å². The molecule has 0 bridgehead atoms. The number of aryl methyl sites for hydroxylation is 1. The summed E-state index contributed by atoms with van der Waals surface area (Å²) >= 11 is 12.1. The lowest BCUT2D eigenvalue weighted by Crippen LogP contribution is -2.04. The lowest BCUT2D eigenvalue weighted by atomic mass is 10.3. The third kappa shape index (κ3) is 2.05. The van der Waals surface area contributed by atoms with Gasteiger partial charge in [-0.1, -0.05) is 17.7 Å². The van der Waals surface area contributed by atoms with Crippen molar-refractivity contribution < 1.29 is 4.39 Å². The molecule has 0 fully saturated rings. The second-order valence-corrected chi connectivity index (χ2v) is 5.04. The fraction of sp³-hybridized carbons (Fsp3) is 0.143. The van der Waals surface area contributed by atoms with Crippen LogP contribution in [0.25, 0.3) is 16.9 Å². The summed E-state index contributed by atoms with van der Waals surface area (Å²) in [6.45, 7) is 1.86. The molecule has 0 saturated heterocycles. The predicted octanol–water partition coefficient (Wildman–Crippen LogP) is 4.26. The van der Waals surface area contributed by atoms with Crippen molar-refractivity contribution in [2.45, 2.75) is 12.8 Å². The Bertz CT molecular complexity index is 778. The average Bonchev–Trinajstić information content (AvgIpc) is 2.77. The van der Waals surface area contributed by atoms with Crippen LogP contribution < -0.4 is 0 Å². The third-order valence-corrected chi connectivity index (χ3v) is 3.54. The highest BCUT2D eigenvalue weighted by Gasteiger charge is 2.18. The van der Waals surface area contributed by atoms with Crippen LogP contribution in [0.3, 0.4) is 0 Å². The molecule has 0 N–H and O–H groups in total. The number of alkyl halides is 1. The number of hydrogen-bond donors (Lipinski definition) is 0. The Morgan fingerprint density at radius 1 is 1.20 bits per heavy atom. The minimum absolute atomic E-state index is 0.139. The van der Waals surface area contributed by atoms with Gasteiger partial charge in [0.1, 0.15) is 22.8 Å². The first-order chi connectivity index (χ1) is 9.61. The van der Waals surface area contributed by atoms with Crippen LogP contribution in [-0.4, -0.2) is 14.5 Å². The predicted molar refractivity (Wildman–Crippen MR) is 78.1 cm³/mol. The van der Waals surface area contributed by atoms with Crippen LogP contribution in [0.5, 0.6) is 0 Å². The van der Waals surface area contributed by atoms with E-state index in [0.717, 1.165) is 5.69 Å². The van der Waals surface area contributed by atoms with Crippen LogP contribution in [0.15, 0.2) is 30.3 Å². The van der Waals surface area contributed by atoms with Crippen molar-refractivity contribution in [3.8, 4) is 5.69 Å². The molecule has 0 unspecified atom stereocenters. The molecule has 102 valence electrons. The van der Waals surface area contributed by atoms with E-state index in [9.17, 15) is 4.39 Å². The number of para-hydroxylation sites is 1. The van der Waals surface area contributed by atoms with E-state index >= 15 is 0 Å². The number of halogens is 3. The fourth-order valence-corrected chi connectivity index (χ4v) is 2.55. The van der Waals surface area contributed by atoms with Gasteiger partial charge in [0.05, 0.1) is 10.9 Å². The first-order valence-electron chi connectivity index (χ1n) is 5.97. The lowest BCUT2D eigenvalue weighted by molar-refractivity contribution is 0.617. The second kappa shape index (κ2) is 5.04. The van der Waals surface area contributed by atoms with E-state index in [2.05, 4.69) is 9.97 Å². The number of hydrogen-bond acceptors (Lipinski definition) is 2. The van der Waals surface area contributed by atoms with Crippen LogP contribution in [0.2, 0.25) is 5.02 Å². The van der Waals surface area contributed by atoms with Gasteiger partial charge in [0.25, 0.3) is 0 Å². The van der Waals surface area contributed by atoms with Crippen LogP contribution in [0.1, 0.15) is 11.5 Å². The Balaban J connectivity index is 2.42. The summed E-state index contributed by atoms with van der Waals surface area (Å²) in [5, 5.41) is 0.291. The summed E-state index contributed by atoms with van der Waals surface area (Å²) in [5.74, 6) is 0.207. The fourth-order valence-electron chi connectivity index (χ4n) is 2.13. The normalized spacial score (nSPS) is 11.2. The Morgan fingerprint density at radius 2 is 2.00 bits per heavy atom. The van der Waals surface area contributed by atoms with Gasteiger partial charge in [0.2, 0.25) is 0 Å². The van der Waals surface area contributed by atoms with E-state index in [1.807, 2.05) is 19.1 Å². The molecule has 0 aliphatic rings. The van der Waals surface area contributed by atoms with Gasteiger partial charge in [-0.15, -0.1) is 11.6 Å². The quantitative estimate of drug-likeness (QED) is 0.662. The van der Waals surface area contributed by atoms with Crippen LogP contribution in [0.4, 0.5) is 4.39 Å². The zero-order valence-electron chi connectivity index (χ0n) is 10.6. The molecule has 0 radical (unpaired) electrons. The molecular weight excluding hydrogens is 300 g/mol. The minimum atomic E-state index is -0.438. The van der Waals surface area contributed by atoms with Gasteiger partial charge in [-0.25, -0.2) is 14.4 Å². The maximum Gasteiger partial charge on any atom is 0.165 e. The first-order valence-corrected chi connectivity index (χ1v) is 6.88. The molecule has 6 heteroatoms. The summed E-state index contributed by atoms with van der Waals surface area (Å²) in [5.41, 5.74) is 2.25. The van der Waals surface area contributed by atoms with Gasteiger partial charge >= 0.3 is 0 Å². The molecule has 0 aliphatic heterocycles. The molecule has 3 nitrogen and oxygen atoms in total. The molecule has 3 rings (SSSR count). The smallest absolute Gasteiger partial charge is 0.165 e. The summed E-state index contributed by atoms with van der Waals surface area (Å²) < 4.78 is 15.7. The zero-order valence-corrected chi connectivity index (χ0v) is 12.1. The highest BCUT2D eigenvalue weighted by Crippen LogP contribution is 2.29. The highest BCUT2D eigenvalue weighted by molar-refractivity contribution is 6.32. The van der Waals surface area contributed by atoms with Crippen LogP contribution >= 0.6 is 23.2 Å². The van der Waals surface area contributed by atoms with E-state index in [0.29, 0.717) is 22.0 Å². The second-order valence-electron chi connectivity index (χ2n) is 4.36. The molecule has 20 heavy (non-hydrogen) atoms. The Hall–Kier alpha value is -1.65. The van der Waals surface area contributed by atoms with E-state index in [4.69, 9.17) is 23.2 Å². The minimum Gasteiger partial charge on any atom is -0.275 e. The van der Waals surface area contributed by atoms with Crippen molar-refractivity contribution in [3.63, 3.8) is 0 Å². The SMILES string of the molecule is Cc1ccc2nc(CCl)n(-c3c(F)cccc3Cl)c2n1. The number of imidazole rings is 1. The van der Waals surface area contributed by atoms with Crippen LogP contribution in [0, 0.1) is 12.7 Å².